The summed E-state index contributed by atoms with van der Waals surface area (Å²) in [7, 11) is 0. The fourth-order valence-corrected chi connectivity index (χ4v) is 1.25. The molecule has 1 aromatic rings. The lowest BCUT2D eigenvalue weighted by Gasteiger charge is -2.12. The molecule has 17 heavy (non-hydrogen) atoms. The van der Waals surface area contributed by atoms with Crippen LogP contribution in [0.4, 0.5) is 0 Å². The summed E-state index contributed by atoms with van der Waals surface area (Å²) in [6.07, 6.45) is 0. The van der Waals surface area contributed by atoms with Gasteiger partial charge in [-0.05, 0) is 30.3 Å². The summed E-state index contributed by atoms with van der Waals surface area (Å²) in [5.74, 6) is 0.291. The molecule has 0 aliphatic rings. The van der Waals surface area contributed by atoms with Crippen LogP contribution in [-0.4, -0.2) is 17.6 Å². The minimum absolute atomic E-state index is 0.209. The first-order valence-corrected chi connectivity index (χ1v) is 5.89. The molecular formula is C12H17N3OS. The van der Waals surface area contributed by atoms with Crippen LogP contribution in [-0.2, 0) is 0 Å². The van der Waals surface area contributed by atoms with E-state index in [2.05, 4.69) is 30.0 Å². The van der Waals surface area contributed by atoms with Crippen molar-refractivity contribution < 1.29 is 4.79 Å². The largest absolute Gasteiger partial charge is 0.361 e. The van der Waals surface area contributed by atoms with Crippen LogP contribution in [0.2, 0.25) is 0 Å². The van der Waals surface area contributed by atoms with E-state index < -0.39 is 0 Å². The van der Waals surface area contributed by atoms with E-state index in [1.807, 2.05) is 18.2 Å². The molecule has 0 unspecified atom stereocenters. The van der Waals surface area contributed by atoms with Crippen LogP contribution in [0.5, 0.6) is 0 Å². The third-order valence-electron chi connectivity index (χ3n) is 2.00. The van der Waals surface area contributed by atoms with E-state index in [4.69, 9.17) is 12.2 Å². The average molecular weight is 251 g/mol. The van der Waals surface area contributed by atoms with E-state index in [-0.39, 0.29) is 5.91 Å². The lowest BCUT2D eigenvalue weighted by atomic mass is 10.2. The highest BCUT2D eigenvalue weighted by molar-refractivity contribution is 7.80. The van der Waals surface area contributed by atoms with Crippen molar-refractivity contribution in [3.8, 4) is 0 Å². The van der Waals surface area contributed by atoms with Gasteiger partial charge in [0.2, 0.25) is 0 Å². The normalized spacial score (nSPS) is 9.82. The summed E-state index contributed by atoms with van der Waals surface area (Å²) in [6, 6.07) is 8.96. The molecule has 0 aliphatic carbocycles. The van der Waals surface area contributed by atoms with E-state index >= 15 is 0 Å². The smallest absolute Gasteiger partial charge is 0.269 e. The maximum atomic E-state index is 11.6. The highest BCUT2D eigenvalue weighted by Gasteiger charge is 2.04. The fraction of sp³-hybridized carbons (Fsp3) is 0.333. The molecule has 1 aromatic carbocycles. The van der Waals surface area contributed by atoms with Crippen LogP contribution in [0.3, 0.4) is 0 Å². The molecule has 0 spiro atoms. The van der Waals surface area contributed by atoms with Gasteiger partial charge in [0.05, 0.1) is 0 Å². The Morgan fingerprint density at radius 2 is 1.88 bits per heavy atom. The maximum absolute atomic E-state index is 11.6. The summed E-state index contributed by atoms with van der Waals surface area (Å²) < 4.78 is 0. The van der Waals surface area contributed by atoms with Gasteiger partial charge in [-0.1, -0.05) is 32.0 Å². The molecule has 0 aliphatic heterocycles. The zero-order chi connectivity index (χ0) is 12.7. The lowest BCUT2D eigenvalue weighted by Crippen LogP contribution is -2.47. The minimum atomic E-state index is -0.209. The van der Waals surface area contributed by atoms with Crippen molar-refractivity contribution in [3.05, 3.63) is 35.9 Å². The second-order valence-corrected chi connectivity index (χ2v) is 4.46. The summed E-state index contributed by atoms with van der Waals surface area (Å²) in [4.78, 5) is 11.6. The van der Waals surface area contributed by atoms with E-state index in [0.717, 1.165) is 6.54 Å². The second-order valence-electron chi connectivity index (χ2n) is 4.05. The number of benzene rings is 1. The first-order valence-electron chi connectivity index (χ1n) is 5.49. The van der Waals surface area contributed by atoms with Crippen molar-refractivity contribution in [1.82, 2.24) is 16.2 Å². The number of carbonyl (C=O) groups is 1. The van der Waals surface area contributed by atoms with Gasteiger partial charge in [-0.25, -0.2) is 0 Å². The predicted octanol–water partition coefficient (Wildman–Crippen LogP) is 1.45. The van der Waals surface area contributed by atoms with Crippen molar-refractivity contribution in [2.24, 2.45) is 5.92 Å². The molecule has 0 atom stereocenters. The monoisotopic (exact) mass is 251 g/mol. The number of hydrogen-bond acceptors (Lipinski definition) is 2. The fourth-order valence-electron chi connectivity index (χ4n) is 1.12. The molecule has 4 nitrogen and oxygen atoms in total. The summed E-state index contributed by atoms with van der Waals surface area (Å²) in [5, 5.41) is 3.41. The highest BCUT2D eigenvalue weighted by Crippen LogP contribution is 1.96. The molecule has 0 saturated carbocycles. The first-order chi connectivity index (χ1) is 8.09. The molecular weight excluding hydrogens is 234 g/mol. The van der Waals surface area contributed by atoms with Crippen molar-refractivity contribution in [1.29, 1.82) is 0 Å². The quantitative estimate of drug-likeness (QED) is 0.562. The zero-order valence-corrected chi connectivity index (χ0v) is 10.8. The molecule has 0 radical (unpaired) electrons. The van der Waals surface area contributed by atoms with Gasteiger partial charge in [0.25, 0.3) is 5.91 Å². The topological polar surface area (TPSA) is 53.2 Å². The molecule has 92 valence electrons. The molecule has 1 amide bonds. The predicted molar refractivity (Wildman–Crippen MR) is 72.5 cm³/mol. The molecule has 0 aromatic heterocycles. The molecule has 0 heterocycles. The third-order valence-corrected chi connectivity index (χ3v) is 2.24. The van der Waals surface area contributed by atoms with E-state index in [1.165, 1.54) is 0 Å². The Hall–Kier alpha value is -1.62. The Morgan fingerprint density at radius 3 is 2.47 bits per heavy atom. The summed E-state index contributed by atoms with van der Waals surface area (Å²) in [6.45, 7) is 4.93. The van der Waals surface area contributed by atoms with Crippen LogP contribution < -0.4 is 16.2 Å². The van der Waals surface area contributed by atoms with Gasteiger partial charge in [-0.2, -0.15) is 0 Å². The Morgan fingerprint density at radius 1 is 1.24 bits per heavy atom. The van der Waals surface area contributed by atoms with Crippen molar-refractivity contribution in [2.75, 3.05) is 6.54 Å². The Kier molecular flexibility index (Phi) is 5.42. The first kappa shape index (κ1) is 13.4. The lowest BCUT2D eigenvalue weighted by molar-refractivity contribution is 0.0943. The van der Waals surface area contributed by atoms with Gasteiger partial charge in [0.1, 0.15) is 0 Å². The van der Waals surface area contributed by atoms with Gasteiger partial charge >= 0.3 is 0 Å². The number of hydrogen-bond donors (Lipinski definition) is 3. The number of nitrogens with one attached hydrogen (secondary N) is 3. The highest BCUT2D eigenvalue weighted by atomic mass is 32.1. The summed E-state index contributed by atoms with van der Waals surface area (Å²) >= 11 is 5.00. The van der Waals surface area contributed by atoms with Crippen molar-refractivity contribution >= 4 is 23.2 Å². The van der Waals surface area contributed by atoms with Crippen molar-refractivity contribution in [3.63, 3.8) is 0 Å². The number of amides is 1. The second kappa shape index (κ2) is 6.85. The van der Waals surface area contributed by atoms with E-state index in [9.17, 15) is 4.79 Å². The Labute approximate surface area is 107 Å². The van der Waals surface area contributed by atoms with Crippen LogP contribution in [0.25, 0.3) is 0 Å². The number of thiocarbonyl (C=S) groups is 1. The van der Waals surface area contributed by atoms with Crippen molar-refractivity contribution in [2.45, 2.75) is 13.8 Å². The number of carbonyl (C=O) groups excluding carboxylic acids is 1. The maximum Gasteiger partial charge on any atom is 0.269 e. The Balaban J connectivity index is 2.31. The third kappa shape index (κ3) is 5.31. The van der Waals surface area contributed by atoms with Gasteiger partial charge in [-0.3, -0.25) is 15.6 Å². The number of rotatable bonds is 3. The molecule has 0 saturated heterocycles. The number of hydrazine groups is 1. The van der Waals surface area contributed by atoms with Crippen LogP contribution in [0, 0.1) is 5.92 Å². The Bertz CT molecular complexity index is 379. The zero-order valence-electron chi connectivity index (χ0n) is 9.99. The van der Waals surface area contributed by atoms with Gasteiger partial charge in [0.15, 0.2) is 5.11 Å². The molecule has 1 rings (SSSR count). The van der Waals surface area contributed by atoms with Gasteiger partial charge < -0.3 is 5.32 Å². The SMILES string of the molecule is CC(C)CNC(=S)NNC(=O)c1ccccc1. The van der Waals surface area contributed by atoms with Crippen LogP contribution >= 0.6 is 12.2 Å². The van der Waals surface area contributed by atoms with Gasteiger partial charge in [-0.15, -0.1) is 0 Å². The standard InChI is InChI=1S/C12H17N3OS/c1-9(2)8-13-12(17)15-14-11(16)10-6-4-3-5-7-10/h3-7,9H,8H2,1-2H3,(H,14,16)(H2,13,15,17). The summed E-state index contributed by atoms with van der Waals surface area (Å²) in [5.41, 5.74) is 5.78. The molecule has 0 fully saturated rings. The molecule has 0 bridgehead atoms. The van der Waals surface area contributed by atoms with E-state index in [0.29, 0.717) is 16.6 Å². The minimum Gasteiger partial charge on any atom is -0.361 e. The average Bonchev–Trinajstić information content (AvgIpc) is 2.34. The van der Waals surface area contributed by atoms with Crippen LogP contribution in [0.1, 0.15) is 24.2 Å². The van der Waals surface area contributed by atoms with E-state index in [1.54, 1.807) is 12.1 Å². The molecule has 5 heteroatoms. The molecule has 3 N–H and O–H groups in total. The van der Waals surface area contributed by atoms with Crippen LogP contribution in [0.15, 0.2) is 30.3 Å². The van der Waals surface area contributed by atoms with Gasteiger partial charge in [0, 0.05) is 12.1 Å².